The van der Waals surface area contributed by atoms with Crippen molar-refractivity contribution in [2.75, 3.05) is 4.90 Å². The van der Waals surface area contributed by atoms with Crippen molar-refractivity contribution < 1.29 is 0 Å². The molecule has 0 spiro atoms. The molecule has 0 aliphatic heterocycles. The number of hydrogen-bond donors (Lipinski definition) is 0. The van der Waals surface area contributed by atoms with Crippen LogP contribution in [0.25, 0.3) is 66.4 Å². The van der Waals surface area contributed by atoms with Crippen LogP contribution in [0.4, 0.5) is 17.1 Å². The van der Waals surface area contributed by atoms with Crippen LogP contribution in [0.1, 0.15) is 22.3 Å². The summed E-state index contributed by atoms with van der Waals surface area (Å²) < 4.78 is 0. The molecule has 0 fully saturated rings. The van der Waals surface area contributed by atoms with Gasteiger partial charge in [-0.2, -0.15) is 0 Å². The first-order chi connectivity index (χ1) is 32.8. The van der Waals surface area contributed by atoms with Crippen molar-refractivity contribution in [2.45, 2.75) is 5.41 Å². The number of hydrogen-bond acceptors (Lipinski definition) is 1. The Kier molecular flexibility index (Phi) is 9.81. The molecule has 1 aliphatic carbocycles. The van der Waals surface area contributed by atoms with Crippen molar-refractivity contribution >= 4 is 27.8 Å². The summed E-state index contributed by atoms with van der Waals surface area (Å²) in [6, 6.07) is 100. The SMILES string of the molecule is c1ccc(-c2ccccc2-c2ccccc2N(c2ccc(-c3ccc(-c4ccc5ccccc5c4)cc3)cc2)c2cccc3c2-c2ccccc2C3(c2ccccc2)c2ccccc2)cc1. The topological polar surface area (TPSA) is 3.24 Å². The van der Waals surface area contributed by atoms with Gasteiger partial charge in [0.15, 0.2) is 0 Å². The lowest BCUT2D eigenvalue weighted by atomic mass is 9.68. The van der Waals surface area contributed by atoms with Crippen molar-refractivity contribution in [1.29, 1.82) is 0 Å². The van der Waals surface area contributed by atoms with E-state index in [4.69, 9.17) is 0 Å². The highest BCUT2D eigenvalue weighted by Gasteiger charge is 2.47. The Morgan fingerprint density at radius 2 is 0.727 bits per heavy atom. The van der Waals surface area contributed by atoms with Gasteiger partial charge in [0.25, 0.3) is 0 Å². The molecule has 0 saturated heterocycles. The van der Waals surface area contributed by atoms with Crippen molar-refractivity contribution in [3.63, 3.8) is 0 Å². The summed E-state index contributed by atoms with van der Waals surface area (Å²) in [6.45, 7) is 0. The van der Waals surface area contributed by atoms with Gasteiger partial charge in [0.1, 0.15) is 0 Å². The molecule has 0 atom stereocenters. The molecule has 1 aliphatic rings. The molecule has 0 saturated carbocycles. The Hall–Kier alpha value is -8.52. The van der Waals surface area contributed by atoms with E-state index in [1.54, 1.807) is 0 Å². The van der Waals surface area contributed by atoms with E-state index in [1.807, 2.05) is 0 Å². The van der Waals surface area contributed by atoms with Crippen LogP contribution in [0.2, 0.25) is 0 Å². The van der Waals surface area contributed by atoms with Gasteiger partial charge in [-0.3, -0.25) is 0 Å². The average molecular weight is 840 g/mol. The number of para-hydroxylation sites is 1. The fraction of sp³-hybridized carbons (Fsp3) is 0.0154. The molecule has 1 heteroatoms. The van der Waals surface area contributed by atoms with Crippen LogP contribution in [-0.4, -0.2) is 0 Å². The molecule has 0 radical (unpaired) electrons. The van der Waals surface area contributed by atoms with Gasteiger partial charge in [0, 0.05) is 16.8 Å². The van der Waals surface area contributed by atoms with E-state index < -0.39 is 5.41 Å². The molecule has 0 N–H and O–H groups in total. The standard InChI is InChI=1S/C65H45N/c1-4-20-50(21-5-1)56-27-12-13-28-57(56)58-29-15-17-33-62(58)66(55-43-41-48(42-44-55)47-35-37-49(38-36-47)52-40-39-46-19-10-11-22-51(46)45-52)63-34-18-32-61-64(63)59-30-14-16-31-60(59)65(61,53-23-6-2-7-24-53)54-25-8-3-9-26-54/h1-45H. The summed E-state index contributed by atoms with van der Waals surface area (Å²) in [5, 5.41) is 2.51. The average Bonchev–Trinajstić information content (AvgIpc) is 3.71. The first-order valence-corrected chi connectivity index (χ1v) is 22.8. The van der Waals surface area contributed by atoms with Gasteiger partial charge in [0.2, 0.25) is 0 Å². The summed E-state index contributed by atoms with van der Waals surface area (Å²) in [7, 11) is 0. The van der Waals surface area contributed by atoms with E-state index >= 15 is 0 Å². The Morgan fingerprint density at radius 3 is 1.41 bits per heavy atom. The predicted octanol–water partition coefficient (Wildman–Crippen LogP) is 17.3. The molecule has 0 heterocycles. The molecule has 66 heavy (non-hydrogen) atoms. The zero-order valence-electron chi connectivity index (χ0n) is 36.4. The largest absolute Gasteiger partial charge is 0.309 e. The smallest absolute Gasteiger partial charge is 0.0714 e. The summed E-state index contributed by atoms with van der Waals surface area (Å²) in [5.41, 5.74) is 19.8. The number of benzene rings is 11. The van der Waals surface area contributed by atoms with Gasteiger partial charge in [-0.25, -0.2) is 0 Å². The Balaban J connectivity index is 1.05. The summed E-state index contributed by atoms with van der Waals surface area (Å²) in [4.78, 5) is 2.51. The monoisotopic (exact) mass is 839 g/mol. The van der Waals surface area contributed by atoms with Crippen molar-refractivity contribution in [2.24, 2.45) is 0 Å². The maximum absolute atomic E-state index is 2.51. The highest BCUT2D eigenvalue weighted by molar-refractivity contribution is 6.01. The zero-order chi connectivity index (χ0) is 43.9. The third-order valence-electron chi connectivity index (χ3n) is 13.6. The van der Waals surface area contributed by atoms with Gasteiger partial charge in [0.05, 0.1) is 16.8 Å². The maximum atomic E-state index is 2.51. The molecule has 0 amide bonds. The second-order valence-electron chi connectivity index (χ2n) is 17.2. The van der Waals surface area contributed by atoms with Crippen LogP contribution in [0.3, 0.4) is 0 Å². The minimum absolute atomic E-state index is 0.529. The lowest BCUT2D eigenvalue weighted by Gasteiger charge is -2.34. The minimum Gasteiger partial charge on any atom is -0.309 e. The van der Waals surface area contributed by atoms with Crippen LogP contribution in [0.5, 0.6) is 0 Å². The first kappa shape index (κ1) is 39.1. The van der Waals surface area contributed by atoms with Crippen LogP contribution in [-0.2, 0) is 5.41 Å². The Labute approximate surface area is 387 Å². The summed E-state index contributed by atoms with van der Waals surface area (Å²) in [5.74, 6) is 0. The van der Waals surface area contributed by atoms with Gasteiger partial charge in [-0.05, 0) is 108 Å². The van der Waals surface area contributed by atoms with E-state index in [1.165, 1.54) is 83.1 Å². The van der Waals surface area contributed by atoms with E-state index in [2.05, 4.69) is 278 Å². The van der Waals surface area contributed by atoms with Crippen molar-refractivity contribution in [1.82, 2.24) is 0 Å². The second kappa shape index (κ2) is 16.6. The molecule has 0 bridgehead atoms. The zero-order valence-corrected chi connectivity index (χ0v) is 36.4. The van der Waals surface area contributed by atoms with Gasteiger partial charge >= 0.3 is 0 Å². The number of nitrogens with zero attached hydrogens (tertiary/aromatic N) is 1. The van der Waals surface area contributed by atoms with E-state index in [0.717, 1.165) is 22.6 Å². The quantitative estimate of drug-likeness (QED) is 0.140. The van der Waals surface area contributed by atoms with Crippen molar-refractivity contribution in [3.8, 4) is 55.6 Å². The summed E-state index contributed by atoms with van der Waals surface area (Å²) in [6.07, 6.45) is 0. The van der Waals surface area contributed by atoms with E-state index in [9.17, 15) is 0 Å². The number of fused-ring (bicyclic) bond motifs is 4. The number of anilines is 3. The van der Waals surface area contributed by atoms with Crippen LogP contribution in [0, 0.1) is 0 Å². The molecule has 12 rings (SSSR count). The van der Waals surface area contributed by atoms with Gasteiger partial charge in [-0.15, -0.1) is 0 Å². The molecule has 11 aromatic rings. The first-order valence-electron chi connectivity index (χ1n) is 22.8. The molecule has 0 aromatic heterocycles. The molecule has 310 valence electrons. The molecular formula is C65H45N. The lowest BCUT2D eigenvalue weighted by molar-refractivity contribution is 0.768. The van der Waals surface area contributed by atoms with E-state index in [0.29, 0.717) is 0 Å². The number of rotatable bonds is 9. The van der Waals surface area contributed by atoms with Crippen molar-refractivity contribution in [3.05, 3.63) is 295 Å². The third-order valence-corrected chi connectivity index (χ3v) is 13.6. The molecular weight excluding hydrogens is 795 g/mol. The van der Waals surface area contributed by atoms with E-state index in [-0.39, 0.29) is 0 Å². The normalized spacial score (nSPS) is 12.4. The van der Waals surface area contributed by atoms with Crippen LogP contribution < -0.4 is 4.90 Å². The highest BCUT2D eigenvalue weighted by atomic mass is 15.1. The third kappa shape index (κ3) is 6.56. The maximum Gasteiger partial charge on any atom is 0.0714 e. The molecule has 1 nitrogen and oxygen atoms in total. The fourth-order valence-electron chi connectivity index (χ4n) is 10.6. The molecule has 11 aromatic carbocycles. The second-order valence-corrected chi connectivity index (χ2v) is 17.2. The Bertz CT molecular complexity index is 3460. The van der Waals surface area contributed by atoms with Crippen LogP contribution in [0.15, 0.2) is 273 Å². The minimum atomic E-state index is -0.529. The van der Waals surface area contributed by atoms with Crippen LogP contribution >= 0.6 is 0 Å². The summed E-state index contributed by atoms with van der Waals surface area (Å²) >= 11 is 0. The molecule has 0 unspecified atom stereocenters. The Morgan fingerprint density at radius 1 is 0.258 bits per heavy atom. The fourth-order valence-corrected chi connectivity index (χ4v) is 10.6. The van der Waals surface area contributed by atoms with Gasteiger partial charge < -0.3 is 4.90 Å². The lowest BCUT2D eigenvalue weighted by Crippen LogP contribution is -2.28. The van der Waals surface area contributed by atoms with Gasteiger partial charge in [-0.1, -0.05) is 243 Å². The highest BCUT2D eigenvalue weighted by Crippen LogP contribution is 2.60. The predicted molar refractivity (Wildman–Crippen MR) is 278 cm³/mol.